The molecule has 0 aliphatic heterocycles. The Morgan fingerprint density at radius 2 is 1.62 bits per heavy atom. The van der Waals surface area contributed by atoms with E-state index in [1.165, 1.54) is 53.4 Å². The van der Waals surface area contributed by atoms with Crippen LogP contribution in [0.1, 0.15) is 39.7 Å². The van der Waals surface area contributed by atoms with Crippen molar-refractivity contribution in [3.05, 3.63) is 64.9 Å². The van der Waals surface area contributed by atoms with Gasteiger partial charge < -0.3 is 10.2 Å². The van der Waals surface area contributed by atoms with Crippen LogP contribution in [0.5, 0.6) is 0 Å². The quantitative estimate of drug-likeness (QED) is 0.552. The summed E-state index contributed by atoms with van der Waals surface area (Å²) >= 11 is 5.92. The van der Waals surface area contributed by atoms with Crippen molar-refractivity contribution >= 4 is 39.1 Å². The van der Waals surface area contributed by atoms with Gasteiger partial charge in [0.05, 0.1) is 11.9 Å². The Morgan fingerprint density at radius 3 is 2.09 bits per heavy atom. The topological polar surface area (TPSA) is 86.8 Å². The monoisotopic (exact) mass is 511 g/mol. The summed E-state index contributed by atoms with van der Waals surface area (Å²) in [6.45, 7) is 6.75. The molecule has 0 bridgehead atoms. The third-order valence-corrected chi connectivity index (χ3v) is 6.34. The minimum Gasteiger partial charge on any atom is -0.350 e. The molecular weight excluding hydrogens is 481 g/mol. The van der Waals surface area contributed by atoms with E-state index in [-0.39, 0.29) is 18.1 Å². The average molecular weight is 512 g/mol. The predicted molar refractivity (Wildman–Crippen MR) is 133 cm³/mol. The van der Waals surface area contributed by atoms with Gasteiger partial charge in [-0.25, -0.2) is 12.8 Å². The average Bonchev–Trinajstić information content (AvgIpc) is 2.72. The van der Waals surface area contributed by atoms with Crippen molar-refractivity contribution in [3.63, 3.8) is 0 Å². The van der Waals surface area contributed by atoms with Crippen LogP contribution in [0.4, 0.5) is 10.1 Å². The molecule has 0 unspecified atom stereocenters. The summed E-state index contributed by atoms with van der Waals surface area (Å²) in [5, 5.41) is 3.31. The van der Waals surface area contributed by atoms with Gasteiger partial charge in [0.2, 0.25) is 21.8 Å². The minimum atomic E-state index is -3.83. The molecule has 7 nitrogen and oxygen atoms in total. The predicted octanol–water partition coefficient (Wildman–Crippen LogP) is 3.97. The van der Waals surface area contributed by atoms with Crippen molar-refractivity contribution in [2.45, 2.75) is 52.2 Å². The molecule has 0 aliphatic rings. The van der Waals surface area contributed by atoms with Crippen LogP contribution in [0, 0.1) is 5.82 Å². The Bertz CT molecular complexity index is 1100. The second-order valence-electron chi connectivity index (χ2n) is 9.06. The normalized spacial score (nSPS) is 12.7. The van der Waals surface area contributed by atoms with E-state index < -0.39 is 39.9 Å². The molecule has 186 valence electrons. The number of carbonyl (C=O) groups excluding carboxylic acids is 2. The van der Waals surface area contributed by atoms with Crippen LogP contribution in [0.15, 0.2) is 48.5 Å². The Balaban J connectivity index is 2.43. The highest BCUT2D eigenvalue weighted by Crippen LogP contribution is 2.22. The molecule has 2 rings (SSSR count). The Labute approximate surface area is 205 Å². The minimum absolute atomic E-state index is 0.00734. The Kier molecular flexibility index (Phi) is 9.08. The van der Waals surface area contributed by atoms with Crippen LogP contribution in [-0.4, -0.2) is 49.5 Å². The van der Waals surface area contributed by atoms with E-state index in [0.29, 0.717) is 17.0 Å². The third kappa shape index (κ3) is 7.99. The van der Waals surface area contributed by atoms with Gasteiger partial charge in [0, 0.05) is 17.1 Å². The first-order valence-electron chi connectivity index (χ1n) is 10.8. The molecule has 0 saturated carbocycles. The van der Waals surface area contributed by atoms with Gasteiger partial charge in [-0.3, -0.25) is 13.9 Å². The molecule has 2 aromatic carbocycles. The lowest BCUT2D eigenvalue weighted by atomic mass is 10.1. The van der Waals surface area contributed by atoms with E-state index in [9.17, 15) is 22.4 Å². The molecule has 0 radical (unpaired) electrons. The number of hydrogen-bond acceptors (Lipinski definition) is 4. The van der Waals surface area contributed by atoms with Crippen LogP contribution < -0.4 is 9.62 Å². The number of nitrogens with zero attached hydrogens (tertiary/aromatic N) is 2. The Morgan fingerprint density at radius 1 is 1.06 bits per heavy atom. The van der Waals surface area contributed by atoms with Gasteiger partial charge in [-0.15, -0.1) is 0 Å². The molecule has 34 heavy (non-hydrogen) atoms. The number of halogens is 2. The highest BCUT2D eigenvalue weighted by Gasteiger charge is 2.33. The van der Waals surface area contributed by atoms with Crippen molar-refractivity contribution in [2.24, 2.45) is 0 Å². The number of sulfonamides is 1. The number of hydrogen-bond donors (Lipinski definition) is 1. The summed E-state index contributed by atoms with van der Waals surface area (Å²) in [6.07, 6.45) is 1.30. The molecular formula is C24H31ClFN3O4S. The molecule has 0 spiro atoms. The van der Waals surface area contributed by atoms with Crippen LogP contribution in [0.3, 0.4) is 0 Å². The highest BCUT2D eigenvalue weighted by atomic mass is 35.5. The van der Waals surface area contributed by atoms with Gasteiger partial charge >= 0.3 is 0 Å². The third-order valence-electron chi connectivity index (χ3n) is 4.94. The maximum atomic E-state index is 13.5. The molecule has 0 aromatic heterocycles. The van der Waals surface area contributed by atoms with Crippen LogP contribution in [-0.2, 0) is 26.2 Å². The van der Waals surface area contributed by atoms with Crippen LogP contribution in [0.25, 0.3) is 0 Å². The lowest BCUT2D eigenvalue weighted by Crippen LogP contribution is -2.55. The lowest BCUT2D eigenvalue weighted by Gasteiger charge is -2.34. The van der Waals surface area contributed by atoms with Crippen molar-refractivity contribution in [1.29, 1.82) is 0 Å². The van der Waals surface area contributed by atoms with Crippen molar-refractivity contribution < 1.29 is 22.4 Å². The van der Waals surface area contributed by atoms with E-state index in [1.807, 2.05) is 20.8 Å². The molecule has 0 fully saturated rings. The van der Waals surface area contributed by atoms with E-state index in [4.69, 9.17) is 11.6 Å². The molecule has 0 saturated heterocycles. The fraction of sp³-hybridized carbons (Fsp3) is 0.417. The zero-order valence-electron chi connectivity index (χ0n) is 20.0. The second-order valence-corrected chi connectivity index (χ2v) is 11.4. The van der Waals surface area contributed by atoms with E-state index in [0.717, 1.165) is 10.6 Å². The fourth-order valence-corrected chi connectivity index (χ4v) is 4.36. The maximum Gasteiger partial charge on any atom is 0.244 e. The summed E-state index contributed by atoms with van der Waals surface area (Å²) in [5.41, 5.74) is 0.348. The van der Waals surface area contributed by atoms with Gasteiger partial charge in [-0.1, -0.05) is 30.7 Å². The van der Waals surface area contributed by atoms with Crippen molar-refractivity contribution in [3.8, 4) is 0 Å². The van der Waals surface area contributed by atoms with Crippen LogP contribution >= 0.6 is 11.6 Å². The number of amides is 2. The van der Waals surface area contributed by atoms with Crippen molar-refractivity contribution in [2.75, 3.05) is 17.1 Å². The highest BCUT2D eigenvalue weighted by molar-refractivity contribution is 7.92. The molecule has 2 aromatic rings. The van der Waals surface area contributed by atoms with E-state index in [1.54, 1.807) is 6.92 Å². The van der Waals surface area contributed by atoms with Gasteiger partial charge in [-0.05, 0) is 69.2 Å². The smallest absolute Gasteiger partial charge is 0.244 e. The first kappa shape index (κ1) is 27.6. The molecule has 2 amide bonds. The van der Waals surface area contributed by atoms with Gasteiger partial charge in [0.25, 0.3) is 0 Å². The molecule has 0 heterocycles. The number of carbonyl (C=O) groups is 2. The van der Waals surface area contributed by atoms with Crippen molar-refractivity contribution in [1.82, 2.24) is 10.2 Å². The van der Waals surface area contributed by atoms with Crippen LogP contribution in [0.2, 0.25) is 5.02 Å². The largest absolute Gasteiger partial charge is 0.350 e. The van der Waals surface area contributed by atoms with Gasteiger partial charge in [-0.2, -0.15) is 0 Å². The summed E-state index contributed by atoms with van der Waals surface area (Å²) in [4.78, 5) is 27.9. The standard InChI is InChI=1S/C24H31ClFN3O4S/c1-6-21(23(31)27-24(2,3)4)28(15-17-7-11-19(26)12-8-17)22(30)16-29(34(5,32)33)20-13-9-18(25)10-14-20/h7-14,21H,6,15-16H2,1-5H3,(H,27,31)/t21-/m0/s1. The number of nitrogens with one attached hydrogen (secondary N) is 1. The van der Waals surface area contributed by atoms with Gasteiger partial charge in [0.15, 0.2) is 0 Å². The maximum absolute atomic E-state index is 13.5. The summed E-state index contributed by atoms with van der Waals surface area (Å²) in [5.74, 6) is -1.35. The zero-order chi connectivity index (χ0) is 25.7. The number of anilines is 1. The summed E-state index contributed by atoms with van der Waals surface area (Å²) < 4.78 is 39.4. The fourth-order valence-electron chi connectivity index (χ4n) is 3.38. The lowest BCUT2D eigenvalue weighted by molar-refractivity contribution is -0.141. The van der Waals surface area contributed by atoms with Gasteiger partial charge in [0.1, 0.15) is 18.4 Å². The molecule has 0 aliphatic carbocycles. The summed E-state index contributed by atoms with van der Waals surface area (Å²) in [7, 11) is -3.83. The SMILES string of the molecule is CC[C@@H](C(=O)NC(C)(C)C)N(Cc1ccc(F)cc1)C(=O)CN(c1ccc(Cl)cc1)S(C)(=O)=O. The van der Waals surface area contributed by atoms with E-state index in [2.05, 4.69) is 5.32 Å². The zero-order valence-corrected chi connectivity index (χ0v) is 21.6. The molecule has 1 N–H and O–H groups in total. The number of benzene rings is 2. The first-order valence-corrected chi connectivity index (χ1v) is 13.0. The second kappa shape index (κ2) is 11.2. The molecule has 1 atom stereocenters. The first-order chi connectivity index (χ1) is 15.7. The number of rotatable bonds is 9. The van der Waals surface area contributed by atoms with E-state index >= 15 is 0 Å². The Hall–Kier alpha value is -2.65. The molecule has 10 heteroatoms. The summed E-state index contributed by atoms with van der Waals surface area (Å²) in [6, 6.07) is 10.8.